The quantitative estimate of drug-likeness (QED) is 0.705. The van der Waals surface area contributed by atoms with Gasteiger partial charge in [0.1, 0.15) is 0 Å². The van der Waals surface area contributed by atoms with Crippen LogP contribution in [0.15, 0.2) is 12.3 Å². The van der Waals surface area contributed by atoms with Crippen LogP contribution in [0.4, 0.5) is 0 Å². The predicted octanol–water partition coefficient (Wildman–Crippen LogP) is 2.82. The molecular formula is C16H30N4. The van der Waals surface area contributed by atoms with Crippen LogP contribution < -0.4 is 5.32 Å². The summed E-state index contributed by atoms with van der Waals surface area (Å²) < 4.78 is 2.18. The molecule has 1 aliphatic carbocycles. The van der Waals surface area contributed by atoms with Crippen molar-refractivity contribution in [3.8, 4) is 0 Å². The Bertz CT molecular complexity index is 368. The molecule has 1 aromatic rings. The van der Waals surface area contributed by atoms with Crippen molar-refractivity contribution in [2.75, 3.05) is 26.2 Å². The van der Waals surface area contributed by atoms with E-state index in [1.54, 1.807) is 0 Å². The molecule has 1 aliphatic rings. The van der Waals surface area contributed by atoms with Crippen LogP contribution in [0.3, 0.4) is 0 Å². The monoisotopic (exact) mass is 278 g/mol. The molecule has 0 spiro atoms. The van der Waals surface area contributed by atoms with E-state index in [4.69, 9.17) is 5.10 Å². The van der Waals surface area contributed by atoms with Gasteiger partial charge in [-0.3, -0.25) is 4.68 Å². The second-order valence-corrected chi connectivity index (χ2v) is 5.84. The van der Waals surface area contributed by atoms with Crippen LogP contribution in [0.1, 0.15) is 57.7 Å². The van der Waals surface area contributed by atoms with E-state index >= 15 is 0 Å². The van der Waals surface area contributed by atoms with Crippen molar-refractivity contribution in [2.45, 2.75) is 58.5 Å². The summed E-state index contributed by atoms with van der Waals surface area (Å²) in [5, 5.41) is 8.22. The van der Waals surface area contributed by atoms with E-state index in [0.29, 0.717) is 6.04 Å². The van der Waals surface area contributed by atoms with Crippen LogP contribution in [-0.4, -0.2) is 40.9 Å². The van der Waals surface area contributed by atoms with Gasteiger partial charge in [-0.05, 0) is 38.4 Å². The summed E-state index contributed by atoms with van der Waals surface area (Å²) in [6.07, 6.45) is 8.72. The van der Waals surface area contributed by atoms with Gasteiger partial charge in [-0.2, -0.15) is 5.10 Å². The Balaban J connectivity index is 1.66. The smallest absolute Gasteiger partial charge is 0.0762 e. The molecule has 20 heavy (non-hydrogen) atoms. The molecule has 114 valence electrons. The molecule has 4 heteroatoms. The molecule has 1 saturated carbocycles. The van der Waals surface area contributed by atoms with Gasteiger partial charge in [0.15, 0.2) is 0 Å². The van der Waals surface area contributed by atoms with E-state index in [-0.39, 0.29) is 0 Å². The van der Waals surface area contributed by atoms with Crippen LogP contribution in [0, 0.1) is 0 Å². The van der Waals surface area contributed by atoms with Crippen molar-refractivity contribution in [2.24, 2.45) is 0 Å². The van der Waals surface area contributed by atoms with Crippen molar-refractivity contribution < 1.29 is 0 Å². The maximum Gasteiger partial charge on any atom is 0.0762 e. The number of hydrogen-bond acceptors (Lipinski definition) is 3. The Hall–Kier alpha value is -0.870. The second-order valence-electron chi connectivity index (χ2n) is 5.84. The van der Waals surface area contributed by atoms with Crippen LogP contribution in [0.25, 0.3) is 0 Å². The normalized spacial score (nSPS) is 16.4. The summed E-state index contributed by atoms with van der Waals surface area (Å²) in [7, 11) is 0. The van der Waals surface area contributed by atoms with Crippen LogP contribution >= 0.6 is 0 Å². The van der Waals surface area contributed by atoms with E-state index in [0.717, 1.165) is 26.2 Å². The van der Waals surface area contributed by atoms with Crippen molar-refractivity contribution in [1.82, 2.24) is 20.0 Å². The molecule has 1 N–H and O–H groups in total. The molecule has 0 unspecified atom stereocenters. The van der Waals surface area contributed by atoms with Crippen molar-refractivity contribution in [3.05, 3.63) is 18.0 Å². The average molecular weight is 278 g/mol. The summed E-state index contributed by atoms with van der Waals surface area (Å²) in [6, 6.07) is 2.82. The molecule has 0 aliphatic heterocycles. The number of rotatable bonds is 9. The number of aromatic nitrogens is 2. The summed E-state index contributed by atoms with van der Waals surface area (Å²) in [4.78, 5) is 2.49. The standard InChI is InChI=1S/C16H30N4/c1-3-11-19(4-2)13-10-17-14-15-9-12-20(18-15)16-7-5-6-8-16/h9,12,16-17H,3-8,10-11,13-14H2,1-2H3. The Morgan fingerprint density at radius 1 is 1.30 bits per heavy atom. The number of hydrogen-bond donors (Lipinski definition) is 1. The number of nitrogens with one attached hydrogen (secondary N) is 1. The minimum atomic E-state index is 0.656. The fourth-order valence-electron chi connectivity index (χ4n) is 3.04. The van der Waals surface area contributed by atoms with Gasteiger partial charge in [-0.15, -0.1) is 0 Å². The van der Waals surface area contributed by atoms with Crippen LogP contribution in [0.2, 0.25) is 0 Å². The Kier molecular flexibility index (Phi) is 6.54. The molecule has 0 aromatic carbocycles. The molecule has 0 radical (unpaired) electrons. The number of nitrogens with zero attached hydrogens (tertiary/aromatic N) is 3. The first-order chi connectivity index (χ1) is 9.83. The highest BCUT2D eigenvalue weighted by Crippen LogP contribution is 2.28. The lowest BCUT2D eigenvalue weighted by molar-refractivity contribution is 0.287. The van der Waals surface area contributed by atoms with Gasteiger partial charge in [0.05, 0.1) is 11.7 Å². The molecule has 0 bridgehead atoms. The second kappa shape index (κ2) is 8.42. The summed E-state index contributed by atoms with van der Waals surface area (Å²) >= 11 is 0. The average Bonchev–Trinajstić information content (AvgIpc) is 3.12. The molecular weight excluding hydrogens is 248 g/mol. The maximum atomic E-state index is 4.71. The minimum absolute atomic E-state index is 0.656. The van der Waals surface area contributed by atoms with Gasteiger partial charge in [0.25, 0.3) is 0 Å². The van der Waals surface area contributed by atoms with Crippen molar-refractivity contribution >= 4 is 0 Å². The molecule has 0 saturated heterocycles. The van der Waals surface area contributed by atoms with E-state index in [2.05, 4.69) is 41.0 Å². The first kappa shape index (κ1) is 15.5. The zero-order valence-corrected chi connectivity index (χ0v) is 13.1. The zero-order chi connectivity index (χ0) is 14.2. The third-order valence-electron chi connectivity index (χ3n) is 4.26. The SMILES string of the molecule is CCCN(CC)CCNCc1ccn(C2CCCC2)n1. The molecule has 2 rings (SSSR count). The maximum absolute atomic E-state index is 4.71. The molecule has 1 fully saturated rings. The topological polar surface area (TPSA) is 33.1 Å². The van der Waals surface area contributed by atoms with Crippen molar-refractivity contribution in [3.63, 3.8) is 0 Å². The first-order valence-electron chi connectivity index (χ1n) is 8.30. The third-order valence-corrected chi connectivity index (χ3v) is 4.26. The highest BCUT2D eigenvalue weighted by atomic mass is 15.3. The van der Waals surface area contributed by atoms with Gasteiger partial charge in [0.2, 0.25) is 0 Å². The van der Waals surface area contributed by atoms with E-state index in [9.17, 15) is 0 Å². The highest BCUT2D eigenvalue weighted by Gasteiger charge is 2.17. The van der Waals surface area contributed by atoms with Gasteiger partial charge in [0, 0.05) is 25.8 Å². The zero-order valence-electron chi connectivity index (χ0n) is 13.1. The fraction of sp³-hybridized carbons (Fsp3) is 0.812. The lowest BCUT2D eigenvalue weighted by atomic mass is 10.3. The Morgan fingerprint density at radius 2 is 2.10 bits per heavy atom. The summed E-state index contributed by atoms with van der Waals surface area (Å²) in [5.41, 5.74) is 1.18. The molecule has 0 amide bonds. The Labute approximate surface area is 123 Å². The third kappa shape index (κ3) is 4.60. The minimum Gasteiger partial charge on any atom is -0.310 e. The summed E-state index contributed by atoms with van der Waals surface area (Å²) in [6.45, 7) is 9.90. The van der Waals surface area contributed by atoms with Crippen molar-refractivity contribution in [1.29, 1.82) is 0 Å². The van der Waals surface area contributed by atoms with Gasteiger partial charge >= 0.3 is 0 Å². The first-order valence-corrected chi connectivity index (χ1v) is 8.30. The Morgan fingerprint density at radius 3 is 2.80 bits per heavy atom. The molecule has 4 nitrogen and oxygen atoms in total. The molecule has 1 aromatic heterocycles. The number of likely N-dealkylation sites (N-methyl/N-ethyl adjacent to an activating group) is 1. The lowest BCUT2D eigenvalue weighted by Gasteiger charge is -2.19. The van der Waals surface area contributed by atoms with E-state index in [1.807, 2.05) is 0 Å². The van der Waals surface area contributed by atoms with Gasteiger partial charge < -0.3 is 10.2 Å². The van der Waals surface area contributed by atoms with E-state index in [1.165, 1.54) is 44.3 Å². The predicted molar refractivity (Wildman–Crippen MR) is 83.8 cm³/mol. The fourth-order valence-corrected chi connectivity index (χ4v) is 3.04. The van der Waals surface area contributed by atoms with Gasteiger partial charge in [-0.1, -0.05) is 26.7 Å². The van der Waals surface area contributed by atoms with Crippen LogP contribution in [0.5, 0.6) is 0 Å². The van der Waals surface area contributed by atoms with Crippen LogP contribution in [-0.2, 0) is 6.54 Å². The molecule has 0 atom stereocenters. The largest absolute Gasteiger partial charge is 0.310 e. The van der Waals surface area contributed by atoms with E-state index < -0.39 is 0 Å². The summed E-state index contributed by atoms with van der Waals surface area (Å²) in [5.74, 6) is 0. The highest BCUT2D eigenvalue weighted by molar-refractivity contribution is 4.99. The molecule has 1 heterocycles. The van der Waals surface area contributed by atoms with Gasteiger partial charge in [-0.25, -0.2) is 0 Å². The lowest BCUT2D eigenvalue weighted by Crippen LogP contribution is -2.32.